The first kappa shape index (κ1) is 20.1. The molecule has 2 amide bonds. The molecular weight excluding hydrogens is 332 g/mol. The van der Waals surface area contributed by atoms with Gasteiger partial charge in [-0.3, -0.25) is 9.59 Å². The molecule has 0 fully saturated rings. The molecule has 142 valence electrons. The van der Waals surface area contributed by atoms with Crippen LogP contribution in [0.4, 0.5) is 0 Å². The lowest BCUT2D eigenvalue weighted by Gasteiger charge is -2.25. The molecule has 0 bridgehead atoms. The Balaban J connectivity index is 2.12. The largest absolute Gasteiger partial charge is 0.385 e. The first-order valence-electron chi connectivity index (χ1n) is 9.20. The zero-order valence-electron chi connectivity index (χ0n) is 15.6. The highest BCUT2D eigenvalue weighted by molar-refractivity contribution is 6.01. The number of fused-ring (bicyclic) bond motifs is 1. The van der Waals surface area contributed by atoms with Crippen LogP contribution in [0.15, 0.2) is 18.2 Å². The molecule has 26 heavy (non-hydrogen) atoms. The van der Waals surface area contributed by atoms with Gasteiger partial charge in [-0.2, -0.15) is 0 Å². The summed E-state index contributed by atoms with van der Waals surface area (Å²) in [5.74, 6) is -0.352. The maximum Gasteiger partial charge on any atom is 0.255 e. The summed E-state index contributed by atoms with van der Waals surface area (Å²) in [6.45, 7) is 1.20. The molecule has 0 saturated heterocycles. The minimum atomic E-state index is -0.611. The van der Waals surface area contributed by atoms with Crippen molar-refractivity contribution in [2.45, 2.75) is 51.1 Å². The van der Waals surface area contributed by atoms with E-state index in [4.69, 9.17) is 4.74 Å². The van der Waals surface area contributed by atoms with E-state index in [1.54, 1.807) is 19.1 Å². The van der Waals surface area contributed by atoms with Crippen LogP contribution in [-0.2, 0) is 27.3 Å². The highest BCUT2D eigenvalue weighted by atomic mass is 16.5. The second-order valence-corrected chi connectivity index (χ2v) is 6.55. The van der Waals surface area contributed by atoms with Gasteiger partial charge in [-0.05, 0) is 42.9 Å². The first-order valence-corrected chi connectivity index (χ1v) is 9.20. The standard InChI is InChI=1S/C20H28N2O4/c1-21-19(24)18(11-7-12-23)22-14-17-15(8-4-3-5-13-26-2)9-6-10-16(17)20(22)25/h6,9-10,12,18H,3-5,7-8,11,13-14H2,1-2H3,(H,21,24). The normalized spacial score (nSPS) is 14.2. The molecule has 1 aromatic rings. The van der Waals surface area contributed by atoms with Crippen LogP contribution in [0.5, 0.6) is 0 Å². The number of nitrogens with one attached hydrogen (secondary N) is 1. The highest BCUT2D eigenvalue weighted by Crippen LogP contribution is 2.29. The van der Waals surface area contributed by atoms with E-state index >= 15 is 0 Å². The van der Waals surface area contributed by atoms with Crippen molar-refractivity contribution >= 4 is 18.1 Å². The van der Waals surface area contributed by atoms with Gasteiger partial charge in [0.15, 0.2) is 0 Å². The number of aryl methyl sites for hydroxylation is 1. The van der Waals surface area contributed by atoms with Gasteiger partial charge in [-0.25, -0.2) is 0 Å². The number of hydrogen-bond acceptors (Lipinski definition) is 4. The van der Waals surface area contributed by atoms with E-state index in [2.05, 4.69) is 11.4 Å². The average molecular weight is 360 g/mol. The fraction of sp³-hybridized carbons (Fsp3) is 0.550. The van der Waals surface area contributed by atoms with Crippen molar-refractivity contribution in [1.82, 2.24) is 10.2 Å². The van der Waals surface area contributed by atoms with Crippen molar-refractivity contribution in [3.05, 3.63) is 34.9 Å². The van der Waals surface area contributed by atoms with Crippen LogP contribution in [0, 0.1) is 0 Å². The van der Waals surface area contributed by atoms with Crippen LogP contribution in [0.2, 0.25) is 0 Å². The molecule has 1 aliphatic rings. The maximum atomic E-state index is 12.8. The number of methoxy groups -OCH3 is 1. The number of carbonyl (C=O) groups is 3. The molecule has 1 unspecified atom stereocenters. The van der Waals surface area contributed by atoms with Crippen molar-refractivity contribution < 1.29 is 19.1 Å². The molecular formula is C20H28N2O4. The topological polar surface area (TPSA) is 75.7 Å². The number of aldehydes is 1. The van der Waals surface area contributed by atoms with Crippen LogP contribution in [0.25, 0.3) is 0 Å². The van der Waals surface area contributed by atoms with Crippen LogP contribution in [0.1, 0.15) is 53.6 Å². The minimum absolute atomic E-state index is 0.124. The average Bonchev–Trinajstić information content (AvgIpc) is 2.99. The van der Waals surface area contributed by atoms with E-state index in [1.165, 1.54) is 5.56 Å². The van der Waals surface area contributed by atoms with E-state index in [9.17, 15) is 14.4 Å². The van der Waals surface area contributed by atoms with Crippen LogP contribution < -0.4 is 5.32 Å². The molecule has 0 saturated carbocycles. The van der Waals surface area contributed by atoms with E-state index in [1.807, 2.05) is 12.1 Å². The molecule has 1 heterocycles. The molecule has 1 aromatic carbocycles. The number of amides is 2. The molecule has 6 nitrogen and oxygen atoms in total. The van der Waals surface area contributed by atoms with E-state index in [0.717, 1.165) is 44.1 Å². The van der Waals surface area contributed by atoms with Crippen molar-refractivity contribution in [3.8, 4) is 0 Å². The zero-order valence-corrected chi connectivity index (χ0v) is 15.6. The Morgan fingerprint density at radius 3 is 2.85 bits per heavy atom. The van der Waals surface area contributed by atoms with Crippen LogP contribution >= 0.6 is 0 Å². The Kier molecular flexibility index (Phi) is 7.78. The summed E-state index contributed by atoms with van der Waals surface area (Å²) in [4.78, 5) is 37.4. The SMILES string of the molecule is CNC(=O)C(CCC=O)N1Cc2c(CCCCCOC)cccc2C1=O. The highest BCUT2D eigenvalue weighted by Gasteiger charge is 2.36. The predicted molar refractivity (Wildman–Crippen MR) is 98.9 cm³/mol. The zero-order chi connectivity index (χ0) is 18.9. The monoisotopic (exact) mass is 360 g/mol. The smallest absolute Gasteiger partial charge is 0.255 e. The van der Waals surface area contributed by atoms with Gasteiger partial charge >= 0.3 is 0 Å². The third kappa shape index (κ3) is 4.69. The van der Waals surface area contributed by atoms with Gasteiger partial charge in [-0.1, -0.05) is 18.6 Å². The lowest BCUT2D eigenvalue weighted by molar-refractivity contribution is -0.125. The van der Waals surface area contributed by atoms with Gasteiger partial charge in [0, 0.05) is 39.3 Å². The van der Waals surface area contributed by atoms with Gasteiger partial charge in [-0.15, -0.1) is 0 Å². The molecule has 0 aliphatic carbocycles. The molecule has 0 radical (unpaired) electrons. The summed E-state index contributed by atoms with van der Waals surface area (Å²) >= 11 is 0. The Hall–Kier alpha value is -2.21. The van der Waals surface area contributed by atoms with Gasteiger partial charge < -0.3 is 19.7 Å². The fourth-order valence-electron chi connectivity index (χ4n) is 3.46. The lowest BCUT2D eigenvalue weighted by atomic mass is 9.98. The number of benzene rings is 1. The first-order chi connectivity index (χ1) is 12.6. The van der Waals surface area contributed by atoms with Crippen molar-refractivity contribution in [2.75, 3.05) is 20.8 Å². The second-order valence-electron chi connectivity index (χ2n) is 6.55. The van der Waals surface area contributed by atoms with Gasteiger partial charge in [0.1, 0.15) is 12.3 Å². The van der Waals surface area contributed by atoms with E-state index < -0.39 is 6.04 Å². The third-order valence-electron chi connectivity index (χ3n) is 4.87. The number of hydrogen-bond donors (Lipinski definition) is 1. The summed E-state index contributed by atoms with van der Waals surface area (Å²) in [6.07, 6.45) is 5.44. The molecule has 1 aliphatic heterocycles. The number of nitrogens with zero attached hydrogens (tertiary/aromatic N) is 1. The van der Waals surface area contributed by atoms with Gasteiger partial charge in [0.05, 0.1) is 0 Å². The second kappa shape index (κ2) is 10.1. The van der Waals surface area contributed by atoms with Gasteiger partial charge in [0.2, 0.25) is 5.91 Å². The number of unbranched alkanes of at least 4 members (excludes halogenated alkanes) is 2. The number of likely N-dealkylation sites (N-methyl/N-ethyl adjacent to an activating group) is 1. The Labute approximate surface area is 154 Å². The summed E-state index contributed by atoms with van der Waals surface area (Å²) < 4.78 is 5.07. The number of carbonyl (C=O) groups excluding carboxylic acids is 3. The molecule has 0 aromatic heterocycles. The molecule has 1 atom stereocenters. The summed E-state index contributed by atoms with van der Waals surface area (Å²) in [7, 11) is 3.26. The van der Waals surface area contributed by atoms with Crippen molar-refractivity contribution in [2.24, 2.45) is 0 Å². The summed E-state index contributed by atoms with van der Waals surface area (Å²) in [5, 5.41) is 2.61. The fourth-order valence-corrected chi connectivity index (χ4v) is 3.46. The van der Waals surface area contributed by atoms with E-state index in [0.29, 0.717) is 18.5 Å². The maximum absolute atomic E-state index is 12.8. The Morgan fingerprint density at radius 2 is 2.15 bits per heavy atom. The van der Waals surface area contributed by atoms with Crippen LogP contribution in [0.3, 0.4) is 0 Å². The third-order valence-corrected chi connectivity index (χ3v) is 4.87. The quantitative estimate of drug-likeness (QED) is 0.484. The Bertz CT molecular complexity index is 645. The number of ether oxygens (including phenoxy) is 1. The molecule has 1 N–H and O–H groups in total. The molecule has 2 rings (SSSR count). The summed E-state index contributed by atoms with van der Waals surface area (Å²) in [5.41, 5.74) is 2.87. The van der Waals surface area contributed by atoms with Crippen molar-refractivity contribution in [3.63, 3.8) is 0 Å². The lowest BCUT2D eigenvalue weighted by Crippen LogP contribution is -2.46. The van der Waals surface area contributed by atoms with Crippen LogP contribution in [-0.4, -0.2) is 49.8 Å². The minimum Gasteiger partial charge on any atom is -0.385 e. The number of rotatable bonds is 11. The van der Waals surface area contributed by atoms with Crippen molar-refractivity contribution in [1.29, 1.82) is 0 Å². The van der Waals surface area contributed by atoms with Gasteiger partial charge in [0.25, 0.3) is 5.91 Å². The van der Waals surface area contributed by atoms with E-state index in [-0.39, 0.29) is 18.2 Å². The summed E-state index contributed by atoms with van der Waals surface area (Å²) in [6, 6.07) is 5.18. The predicted octanol–water partition coefficient (Wildman–Crippen LogP) is 2.10. The molecule has 0 spiro atoms. The Morgan fingerprint density at radius 1 is 1.35 bits per heavy atom. The molecule has 6 heteroatoms.